The maximum absolute atomic E-state index is 5.05. The van der Waals surface area contributed by atoms with Gasteiger partial charge in [0, 0.05) is 33.9 Å². The monoisotopic (exact) mass is 305 g/mol. The van der Waals surface area contributed by atoms with Gasteiger partial charge in [-0.1, -0.05) is 36.8 Å². The molecule has 0 spiro atoms. The minimum Gasteiger partial charge on any atom is -0.385 e. The van der Waals surface area contributed by atoms with Crippen LogP contribution in [0.15, 0.2) is 29.3 Å². The Kier molecular flexibility index (Phi) is 9.31. The number of hydrogen-bond donors (Lipinski definition) is 2. The first-order chi connectivity index (χ1) is 10.7. The summed E-state index contributed by atoms with van der Waals surface area (Å²) in [5.41, 5.74) is 2.66. The van der Waals surface area contributed by atoms with Crippen molar-refractivity contribution >= 4 is 5.96 Å². The number of ether oxygens (including phenoxy) is 1. The number of aliphatic imine (C=N–C) groups is 1. The average Bonchev–Trinajstić information content (AvgIpc) is 2.54. The molecule has 2 N–H and O–H groups in total. The molecule has 4 nitrogen and oxygen atoms in total. The number of nitrogens with zero attached hydrogens (tertiary/aromatic N) is 1. The Morgan fingerprint density at radius 1 is 1.14 bits per heavy atom. The highest BCUT2D eigenvalue weighted by Gasteiger charge is 2.06. The predicted molar refractivity (Wildman–Crippen MR) is 94.7 cm³/mol. The van der Waals surface area contributed by atoms with Gasteiger partial charge in [-0.25, -0.2) is 0 Å². The molecule has 0 aliphatic heterocycles. The van der Waals surface area contributed by atoms with Gasteiger partial charge in [0.15, 0.2) is 5.96 Å². The molecule has 1 aromatic carbocycles. The number of rotatable bonds is 9. The lowest BCUT2D eigenvalue weighted by atomic mass is 10.0. The Morgan fingerprint density at radius 3 is 2.50 bits per heavy atom. The number of benzene rings is 1. The van der Waals surface area contributed by atoms with Crippen LogP contribution < -0.4 is 10.6 Å². The molecule has 0 radical (unpaired) electrons. The van der Waals surface area contributed by atoms with Gasteiger partial charge in [0.25, 0.3) is 0 Å². The molecule has 0 bridgehead atoms. The minimum atomic E-state index is 0.459. The second-order valence-corrected chi connectivity index (χ2v) is 5.75. The average molecular weight is 305 g/mol. The maximum Gasteiger partial charge on any atom is 0.190 e. The highest BCUT2D eigenvalue weighted by molar-refractivity contribution is 5.79. The molecular formula is C18H31N3O. The summed E-state index contributed by atoms with van der Waals surface area (Å²) in [6.45, 7) is 7.02. The Bertz CT molecular complexity index is 428. The van der Waals surface area contributed by atoms with E-state index in [1.165, 1.54) is 17.5 Å². The smallest absolute Gasteiger partial charge is 0.190 e. The maximum atomic E-state index is 5.05. The molecule has 1 atom stereocenters. The molecule has 0 aliphatic rings. The standard InChI is InChI=1S/C18H31N3O/c1-15-8-10-17(11-9-15)16(2)14-21-18(19-3)20-12-6-5-7-13-22-4/h8-11,16H,5-7,12-14H2,1-4H3,(H2,19,20,21). The molecule has 4 heteroatoms. The van der Waals surface area contributed by atoms with Crippen LogP contribution in [0.1, 0.15) is 43.2 Å². The van der Waals surface area contributed by atoms with Crippen LogP contribution in [0.4, 0.5) is 0 Å². The summed E-state index contributed by atoms with van der Waals surface area (Å²) in [6.07, 6.45) is 3.43. The minimum absolute atomic E-state index is 0.459. The van der Waals surface area contributed by atoms with Gasteiger partial charge in [0.2, 0.25) is 0 Å². The second kappa shape index (κ2) is 11.1. The lowest BCUT2D eigenvalue weighted by Crippen LogP contribution is -2.39. The van der Waals surface area contributed by atoms with Crippen LogP contribution in [0.2, 0.25) is 0 Å². The van der Waals surface area contributed by atoms with Gasteiger partial charge in [-0.2, -0.15) is 0 Å². The van der Waals surface area contributed by atoms with Crippen molar-refractivity contribution in [1.82, 2.24) is 10.6 Å². The molecule has 1 aromatic rings. The summed E-state index contributed by atoms with van der Waals surface area (Å²) < 4.78 is 5.05. The number of guanidine groups is 1. The van der Waals surface area contributed by atoms with E-state index >= 15 is 0 Å². The third-order valence-corrected chi connectivity index (χ3v) is 3.76. The van der Waals surface area contributed by atoms with Crippen LogP contribution in [0, 0.1) is 6.92 Å². The molecule has 0 fully saturated rings. The Balaban J connectivity index is 2.24. The third-order valence-electron chi connectivity index (χ3n) is 3.76. The summed E-state index contributed by atoms with van der Waals surface area (Å²) in [5.74, 6) is 1.34. The van der Waals surface area contributed by atoms with Gasteiger partial charge in [0.1, 0.15) is 0 Å². The largest absolute Gasteiger partial charge is 0.385 e. The zero-order chi connectivity index (χ0) is 16.2. The summed E-state index contributed by atoms with van der Waals surface area (Å²) in [5, 5.41) is 6.76. The SMILES string of the molecule is CN=C(NCCCCCOC)NCC(C)c1ccc(C)cc1. The predicted octanol–water partition coefficient (Wildman–Crippen LogP) is 3.08. The van der Waals surface area contributed by atoms with E-state index in [2.05, 4.69) is 53.7 Å². The second-order valence-electron chi connectivity index (χ2n) is 5.75. The van der Waals surface area contributed by atoms with Gasteiger partial charge in [-0.05, 0) is 37.7 Å². The van der Waals surface area contributed by atoms with Crippen molar-refractivity contribution in [3.05, 3.63) is 35.4 Å². The fraction of sp³-hybridized carbons (Fsp3) is 0.611. The summed E-state index contributed by atoms with van der Waals surface area (Å²) in [7, 11) is 3.57. The molecule has 0 aromatic heterocycles. The van der Waals surface area contributed by atoms with Crippen LogP contribution in [-0.4, -0.2) is 39.8 Å². The van der Waals surface area contributed by atoms with Crippen molar-refractivity contribution in [2.45, 2.75) is 39.0 Å². The van der Waals surface area contributed by atoms with Crippen LogP contribution >= 0.6 is 0 Å². The quantitative estimate of drug-likeness (QED) is 0.419. The third kappa shape index (κ3) is 7.46. The molecule has 0 amide bonds. The molecule has 124 valence electrons. The molecule has 0 saturated carbocycles. The fourth-order valence-corrected chi connectivity index (χ4v) is 2.24. The van der Waals surface area contributed by atoms with E-state index in [1.807, 2.05) is 7.05 Å². The molecule has 0 saturated heterocycles. The van der Waals surface area contributed by atoms with E-state index in [0.29, 0.717) is 5.92 Å². The highest BCUT2D eigenvalue weighted by Crippen LogP contribution is 2.14. The Labute approximate surface area is 135 Å². The van der Waals surface area contributed by atoms with E-state index in [4.69, 9.17) is 4.74 Å². The summed E-state index contributed by atoms with van der Waals surface area (Å²) >= 11 is 0. The van der Waals surface area contributed by atoms with Crippen molar-refractivity contribution in [2.24, 2.45) is 4.99 Å². The van der Waals surface area contributed by atoms with Crippen molar-refractivity contribution in [3.8, 4) is 0 Å². The van der Waals surface area contributed by atoms with Crippen LogP contribution in [0.3, 0.4) is 0 Å². The van der Waals surface area contributed by atoms with Gasteiger partial charge in [0.05, 0.1) is 0 Å². The fourth-order valence-electron chi connectivity index (χ4n) is 2.24. The number of unbranched alkanes of at least 4 members (excludes halogenated alkanes) is 2. The lowest BCUT2D eigenvalue weighted by molar-refractivity contribution is 0.192. The van der Waals surface area contributed by atoms with Crippen molar-refractivity contribution in [1.29, 1.82) is 0 Å². The lowest BCUT2D eigenvalue weighted by Gasteiger charge is -2.16. The molecule has 0 aliphatic carbocycles. The van der Waals surface area contributed by atoms with Crippen LogP contribution in [-0.2, 0) is 4.74 Å². The molecular weight excluding hydrogens is 274 g/mol. The first-order valence-electron chi connectivity index (χ1n) is 8.17. The molecule has 0 heterocycles. The van der Waals surface area contributed by atoms with Crippen molar-refractivity contribution < 1.29 is 4.74 Å². The Hall–Kier alpha value is -1.55. The van der Waals surface area contributed by atoms with Crippen LogP contribution in [0.25, 0.3) is 0 Å². The summed E-state index contributed by atoms with van der Waals surface area (Å²) in [4.78, 5) is 4.27. The molecule has 1 rings (SSSR count). The van der Waals surface area contributed by atoms with Crippen molar-refractivity contribution in [3.63, 3.8) is 0 Å². The first kappa shape index (κ1) is 18.5. The zero-order valence-electron chi connectivity index (χ0n) is 14.5. The van der Waals surface area contributed by atoms with Gasteiger partial charge >= 0.3 is 0 Å². The van der Waals surface area contributed by atoms with Gasteiger partial charge < -0.3 is 15.4 Å². The van der Waals surface area contributed by atoms with Crippen molar-refractivity contribution in [2.75, 3.05) is 33.9 Å². The normalized spacial score (nSPS) is 13.0. The molecule has 22 heavy (non-hydrogen) atoms. The van der Waals surface area contributed by atoms with E-state index in [0.717, 1.165) is 38.5 Å². The Morgan fingerprint density at radius 2 is 1.86 bits per heavy atom. The van der Waals surface area contributed by atoms with E-state index < -0.39 is 0 Å². The van der Waals surface area contributed by atoms with Crippen LogP contribution in [0.5, 0.6) is 0 Å². The number of nitrogens with one attached hydrogen (secondary N) is 2. The van der Waals surface area contributed by atoms with E-state index in [1.54, 1.807) is 7.11 Å². The highest BCUT2D eigenvalue weighted by atomic mass is 16.5. The number of methoxy groups -OCH3 is 1. The number of aryl methyl sites for hydroxylation is 1. The first-order valence-corrected chi connectivity index (χ1v) is 8.17. The topological polar surface area (TPSA) is 45.7 Å². The van der Waals surface area contributed by atoms with Gasteiger partial charge in [-0.3, -0.25) is 4.99 Å². The zero-order valence-corrected chi connectivity index (χ0v) is 14.5. The molecule has 1 unspecified atom stereocenters. The van der Waals surface area contributed by atoms with Gasteiger partial charge in [-0.15, -0.1) is 0 Å². The van der Waals surface area contributed by atoms with E-state index in [9.17, 15) is 0 Å². The van der Waals surface area contributed by atoms with E-state index in [-0.39, 0.29) is 0 Å². The number of hydrogen-bond acceptors (Lipinski definition) is 2. The summed E-state index contributed by atoms with van der Waals surface area (Å²) in [6, 6.07) is 8.74.